The van der Waals surface area contributed by atoms with E-state index in [0.29, 0.717) is 12.6 Å². The lowest BCUT2D eigenvalue weighted by atomic mass is 10.3. The van der Waals surface area contributed by atoms with Crippen LogP contribution >= 0.6 is 0 Å². The van der Waals surface area contributed by atoms with E-state index >= 15 is 0 Å². The van der Waals surface area contributed by atoms with Crippen molar-refractivity contribution >= 4 is 6.03 Å². The number of hydrogen-bond acceptors (Lipinski definition) is 3. The number of urea groups is 1. The molecule has 0 spiro atoms. The van der Waals surface area contributed by atoms with Crippen LogP contribution < -0.4 is 10.6 Å². The Balaban J connectivity index is 2.23. The van der Waals surface area contributed by atoms with Crippen LogP contribution in [0.2, 0.25) is 0 Å². The first-order valence-corrected chi connectivity index (χ1v) is 4.59. The molecule has 1 aliphatic rings. The van der Waals surface area contributed by atoms with Crippen molar-refractivity contribution in [2.75, 3.05) is 33.3 Å². The average Bonchev–Trinajstić information content (AvgIpc) is 2.62. The smallest absolute Gasteiger partial charge is 0.317 e. The quantitative estimate of drug-likeness (QED) is 0.530. The first kappa shape index (κ1) is 10.3. The van der Waals surface area contributed by atoms with E-state index in [-0.39, 0.29) is 12.6 Å². The number of nitrogens with zero attached hydrogens (tertiary/aromatic N) is 1. The van der Waals surface area contributed by atoms with Gasteiger partial charge in [-0.05, 0) is 6.42 Å². The third kappa shape index (κ3) is 2.86. The van der Waals surface area contributed by atoms with E-state index in [1.54, 1.807) is 11.9 Å². The van der Waals surface area contributed by atoms with Crippen molar-refractivity contribution in [1.29, 1.82) is 0 Å². The van der Waals surface area contributed by atoms with Crippen LogP contribution in [0.25, 0.3) is 0 Å². The highest BCUT2D eigenvalue weighted by Gasteiger charge is 2.24. The Hall–Kier alpha value is -0.810. The first-order chi connectivity index (χ1) is 6.27. The molecule has 1 aliphatic heterocycles. The van der Waals surface area contributed by atoms with Gasteiger partial charge in [0.25, 0.3) is 0 Å². The molecule has 1 heterocycles. The van der Waals surface area contributed by atoms with E-state index in [2.05, 4.69) is 10.6 Å². The Morgan fingerprint density at radius 2 is 2.46 bits per heavy atom. The Kier molecular flexibility index (Phi) is 3.98. The molecule has 2 amide bonds. The lowest BCUT2D eigenvalue weighted by molar-refractivity contribution is 0.209. The van der Waals surface area contributed by atoms with Crippen LogP contribution in [0.3, 0.4) is 0 Å². The number of aliphatic hydroxyl groups is 1. The summed E-state index contributed by atoms with van der Waals surface area (Å²) >= 11 is 0. The van der Waals surface area contributed by atoms with Crippen molar-refractivity contribution < 1.29 is 9.90 Å². The molecule has 3 N–H and O–H groups in total. The number of carbonyl (C=O) groups is 1. The maximum atomic E-state index is 11.2. The van der Waals surface area contributed by atoms with Crippen LogP contribution in [0.1, 0.15) is 6.42 Å². The SMILES string of the molecule is CNC(=O)N1CCC(NCCO)C1. The molecule has 0 aromatic heterocycles. The fraction of sp³-hybridized carbons (Fsp3) is 0.875. The third-order valence-electron chi connectivity index (χ3n) is 2.23. The summed E-state index contributed by atoms with van der Waals surface area (Å²) in [6, 6.07) is 0.317. The van der Waals surface area contributed by atoms with Crippen molar-refractivity contribution in [2.45, 2.75) is 12.5 Å². The van der Waals surface area contributed by atoms with E-state index in [0.717, 1.165) is 19.5 Å². The van der Waals surface area contributed by atoms with E-state index < -0.39 is 0 Å². The molecule has 1 unspecified atom stereocenters. The molecule has 13 heavy (non-hydrogen) atoms. The van der Waals surface area contributed by atoms with E-state index in [4.69, 9.17) is 5.11 Å². The molecule has 0 aromatic carbocycles. The van der Waals surface area contributed by atoms with Gasteiger partial charge in [0.1, 0.15) is 0 Å². The van der Waals surface area contributed by atoms with Crippen molar-refractivity contribution in [3.8, 4) is 0 Å². The minimum Gasteiger partial charge on any atom is -0.395 e. The van der Waals surface area contributed by atoms with Gasteiger partial charge in [0.05, 0.1) is 6.61 Å². The second-order valence-corrected chi connectivity index (χ2v) is 3.16. The Morgan fingerprint density at radius 3 is 3.08 bits per heavy atom. The van der Waals surface area contributed by atoms with E-state index in [1.807, 2.05) is 0 Å². The van der Waals surface area contributed by atoms with Gasteiger partial charge in [-0.1, -0.05) is 0 Å². The number of carbonyl (C=O) groups excluding carboxylic acids is 1. The number of amides is 2. The van der Waals surface area contributed by atoms with Gasteiger partial charge < -0.3 is 20.6 Å². The molecule has 1 atom stereocenters. The summed E-state index contributed by atoms with van der Waals surface area (Å²) < 4.78 is 0. The molecule has 76 valence electrons. The van der Waals surface area contributed by atoms with Gasteiger partial charge in [-0.15, -0.1) is 0 Å². The van der Waals surface area contributed by atoms with Crippen molar-refractivity contribution in [1.82, 2.24) is 15.5 Å². The summed E-state index contributed by atoms with van der Waals surface area (Å²) in [6.07, 6.45) is 0.966. The first-order valence-electron chi connectivity index (χ1n) is 4.59. The summed E-state index contributed by atoms with van der Waals surface area (Å²) in [5.74, 6) is 0. The van der Waals surface area contributed by atoms with Gasteiger partial charge in [0.15, 0.2) is 0 Å². The Morgan fingerprint density at radius 1 is 1.69 bits per heavy atom. The summed E-state index contributed by atoms with van der Waals surface area (Å²) in [4.78, 5) is 12.9. The van der Waals surface area contributed by atoms with Gasteiger partial charge in [0, 0.05) is 32.7 Å². The molecule has 5 heteroatoms. The molecule has 5 nitrogen and oxygen atoms in total. The molecule has 1 rings (SSSR count). The molecule has 1 saturated heterocycles. The minimum absolute atomic E-state index is 0.0201. The summed E-state index contributed by atoms with van der Waals surface area (Å²) in [6.45, 7) is 2.28. The maximum Gasteiger partial charge on any atom is 0.317 e. The van der Waals surface area contributed by atoms with Crippen LogP contribution in [0, 0.1) is 0 Å². The van der Waals surface area contributed by atoms with Crippen LogP contribution in [0.15, 0.2) is 0 Å². The lowest BCUT2D eigenvalue weighted by Crippen LogP contribution is -2.39. The van der Waals surface area contributed by atoms with Crippen molar-refractivity contribution in [3.63, 3.8) is 0 Å². The molecular formula is C8H17N3O2. The summed E-state index contributed by atoms with van der Waals surface area (Å²) in [5, 5.41) is 14.4. The number of rotatable bonds is 3. The molecule has 0 bridgehead atoms. The topological polar surface area (TPSA) is 64.6 Å². The van der Waals surface area contributed by atoms with Crippen LogP contribution in [0.4, 0.5) is 4.79 Å². The van der Waals surface area contributed by atoms with Crippen molar-refractivity contribution in [2.24, 2.45) is 0 Å². The maximum absolute atomic E-state index is 11.2. The molecule has 1 fully saturated rings. The molecule has 0 aliphatic carbocycles. The zero-order valence-corrected chi connectivity index (χ0v) is 7.92. The normalized spacial score (nSPS) is 22.0. The van der Waals surface area contributed by atoms with Gasteiger partial charge >= 0.3 is 6.03 Å². The summed E-state index contributed by atoms with van der Waals surface area (Å²) in [7, 11) is 1.64. The highest BCUT2D eigenvalue weighted by molar-refractivity contribution is 5.74. The fourth-order valence-corrected chi connectivity index (χ4v) is 1.54. The van der Waals surface area contributed by atoms with Crippen molar-refractivity contribution in [3.05, 3.63) is 0 Å². The number of nitrogens with one attached hydrogen (secondary N) is 2. The zero-order valence-electron chi connectivity index (χ0n) is 7.92. The van der Waals surface area contributed by atoms with Gasteiger partial charge in [-0.2, -0.15) is 0 Å². The standard InChI is InChI=1S/C8H17N3O2/c1-9-8(13)11-4-2-7(6-11)10-3-5-12/h7,10,12H,2-6H2,1H3,(H,9,13). The molecular weight excluding hydrogens is 170 g/mol. The average molecular weight is 187 g/mol. The van der Waals surface area contributed by atoms with Gasteiger partial charge in [0.2, 0.25) is 0 Å². The predicted octanol–water partition coefficient (Wildman–Crippen LogP) is -1.02. The number of hydrogen-bond donors (Lipinski definition) is 3. The molecule has 0 radical (unpaired) electrons. The highest BCUT2D eigenvalue weighted by Crippen LogP contribution is 2.08. The van der Waals surface area contributed by atoms with Gasteiger partial charge in [-0.3, -0.25) is 0 Å². The van der Waals surface area contributed by atoms with Crippen LogP contribution in [0.5, 0.6) is 0 Å². The second kappa shape index (κ2) is 5.04. The van der Waals surface area contributed by atoms with Crippen LogP contribution in [-0.4, -0.2) is 55.4 Å². The Labute approximate surface area is 78.1 Å². The fourth-order valence-electron chi connectivity index (χ4n) is 1.54. The Bertz CT molecular complexity index is 175. The van der Waals surface area contributed by atoms with Gasteiger partial charge in [-0.25, -0.2) is 4.79 Å². The van der Waals surface area contributed by atoms with E-state index in [1.165, 1.54) is 0 Å². The number of likely N-dealkylation sites (tertiary alicyclic amines) is 1. The zero-order chi connectivity index (χ0) is 9.68. The third-order valence-corrected chi connectivity index (χ3v) is 2.23. The monoisotopic (exact) mass is 187 g/mol. The largest absolute Gasteiger partial charge is 0.395 e. The molecule has 0 saturated carbocycles. The summed E-state index contributed by atoms with van der Waals surface area (Å²) in [5.41, 5.74) is 0. The minimum atomic E-state index is -0.0201. The lowest BCUT2D eigenvalue weighted by Gasteiger charge is -2.15. The highest BCUT2D eigenvalue weighted by atomic mass is 16.3. The molecule has 0 aromatic rings. The number of aliphatic hydroxyl groups excluding tert-OH is 1. The van der Waals surface area contributed by atoms with Crippen LogP contribution in [-0.2, 0) is 0 Å². The predicted molar refractivity (Wildman–Crippen MR) is 49.5 cm³/mol. The van der Waals surface area contributed by atoms with E-state index in [9.17, 15) is 4.79 Å². The second-order valence-electron chi connectivity index (χ2n) is 3.16.